The molecule has 0 radical (unpaired) electrons. The topological polar surface area (TPSA) is 83.6 Å². The molecule has 3 N–H and O–H groups in total. The molecule has 0 saturated heterocycles. The predicted octanol–water partition coefficient (Wildman–Crippen LogP) is 1.19. The molecule has 0 aromatic carbocycles. The van der Waals surface area contributed by atoms with Gasteiger partial charge in [0.25, 0.3) is 0 Å². The van der Waals surface area contributed by atoms with Gasteiger partial charge in [-0.05, 0) is 38.4 Å². The van der Waals surface area contributed by atoms with Crippen LogP contribution in [0.1, 0.15) is 20.3 Å². The van der Waals surface area contributed by atoms with Crippen molar-refractivity contribution in [2.24, 2.45) is 5.73 Å². The second-order valence-electron chi connectivity index (χ2n) is 3.44. The molecule has 0 aromatic rings. The van der Waals surface area contributed by atoms with Crippen molar-refractivity contribution in [3.63, 3.8) is 0 Å². The molecule has 0 spiro atoms. The van der Waals surface area contributed by atoms with Gasteiger partial charge in [0.2, 0.25) is 5.91 Å². The van der Waals surface area contributed by atoms with Crippen LogP contribution in [0, 0.1) is 0 Å². The quantitative estimate of drug-likeness (QED) is 0.682. The summed E-state index contributed by atoms with van der Waals surface area (Å²) in [6.45, 7) is 8.82. The number of carbonyl (C=O) groups is 2. The standard InChI is InChI=1S/C7H13NO.C5H11NO2S/c1-4-7(9)8(5-2)6-3;1-9-3-2-4(6)5(7)8/h4H,1,5-6H2,2-3H3;4H,2-3,6H2,1H3,(H,7,8)/t;4-/m.0/s1. The summed E-state index contributed by atoms with van der Waals surface area (Å²) in [4.78, 5) is 22.6. The van der Waals surface area contributed by atoms with Crippen LogP contribution < -0.4 is 5.73 Å². The number of carboxylic acids is 1. The van der Waals surface area contributed by atoms with E-state index in [4.69, 9.17) is 10.8 Å². The van der Waals surface area contributed by atoms with Crippen molar-refractivity contribution in [1.82, 2.24) is 4.90 Å². The summed E-state index contributed by atoms with van der Waals surface area (Å²) in [6, 6.07) is -0.683. The maximum Gasteiger partial charge on any atom is 0.320 e. The lowest BCUT2D eigenvalue weighted by Gasteiger charge is -2.15. The first-order valence-corrected chi connectivity index (χ1v) is 7.22. The van der Waals surface area contributed by atoms with Gasteiger partial charge >= 0.3 is 5.97 Å². The molecule has 0 aromatic heterocycles. The third-order valence-corrected chi connectivity index (χ3v) is 2.84. The van der Waals surface area contributed by atoms with Gasteiger partial charge in [0.05, 0.1) is 0 Å². The van der Waals surface area contributed by atoms with E-state index in [1.165, 1.54) is 6.08 Å². The summed E-state index contributed by atoms with van der Waals surface area (Å²) in [6.07, 6.45) is 3.82. The molecule has 0 aliphatic rings. The Morgan fingerprint density at radius 1 is 1.44 bits per heavy atom. The van der Waals surface area contributed by atoms with Crippen molar-refractivity contribution in [1.29, 1.82) is 0 Å². The number of hydrogen-bond acceptors (Lipinski definition) is 4. The second kappa shape index (κ2) is 12.4. The van der Waals surface area contributed by atoms with Gasteiger partial charge in [0.15, 0.2) is 0 Å². The summed E-state index contributed by atoms with van der Waals surface area (Å²) in [5, 5.41) is 8.27. The molecule has 1 atom stereocenters. The van der Waals surface area contributed by atoms with Crippen molar-refractivity contribution in [3.8, 4) is 0 Å². The van der Waals surface area contributed by atoms with E-state index in [2.05, 4.69) is 6.58 Å². The van der Waals surface area contributed by atoms with Crippen molar-refractivity contribution in [3.05, 3.63) is 12.7 Å². The molecule has 0 unspecified atom stereocenters. The highest BCUT2D eigenvalue weighted by atomic mass is 32.2. The molecule has 0 aliphatic heterocycles. The Bertz CT molecular complexity index is 256. The van der Waals surface area contributed by atoms with E-state index < -0.39 is 12.0 Å². The van der Waals surface area contributed by atoms with Gasteiger partial charge in [0, 0.05) is 13.1 Å². The van der Waals surface area contributed by atoms with Gasteiger partial charge in [0.1, 0.15) is 6.04 Å². The van der Waals surface area contributed by atoms with Crippen LogP contribution in [0.2, 0.25) is 0 Å². The molecule has 106 valence electrons. The highest BCUT2D eigenvalue weighted by molar-refractivity contribution is 7.98. The normalized spacial score (nSPS) is 10.9. The third-order valence-electron chi connectivity index (χ3n) is 2.20. The van der Waals surface area contributed by atoms with Gasteiger partial charge < -0.3 is 15.7 Å². The van der Waals surface area contributed by atoms with Gasteiger partial charge in [-0.1, -0.05) is 6.58 Å². The maximum atomic E-state index is 10.8. The van der Waals surface area contributed by atoms with Gasteiger partial charge in [-0.3, -0.25) is 9.59 Å². The Balaban J connectivity index is 0. The average molecular weight is 276 g/mol. The van der Waals surface area contributed by atoms with Crippen LogP contribution in [0.25, 0.3) is 0 Å². The zero-order valence-electron chi connectivity index (χ0n) is 11.4. The molecule has 6 heteroatoms. The summed E-state index contributed by atoms with van der Waals surface area (Å²) in [5.74, 6) is -0.0861. The number of rotatable bonds is 7. The summed E-state index contributed by atoms with van der Waals surface area (Å²) in [5.41, 5.74) is 5.19. The molecular formula is C12H24N2O3S. The minimum Gasteiger partial charge on any atom is -0.480 e. The Labute approximate surface area is 113 Å². The zero-order valence-corrected chi connectivity index (χ0v) is 12.2. The SMILES string of the molecule is C=CC(=O)N(CC)CC.CSCC[C@H](N)C(=O)O. The molecule has 18 heavy (non-hydrogen) atoms. The molecule has 5 nitrogen and oxygen atoms in total. The molecule has 1 amide bonds. The fourth-order valence-electron chi connectivity index (χ4n) is 1.03. The van der Waals surface area contributed by atoms with E-state index >= 15 is 0 Å². The molecular weight excluding hydrogens is 252 g/mol. The lowest BCUT2D eigenvalue weighted by atomic mass is 10.2. The number of nitrogens with zero attached hydrogens (tertiary/aromatic N) is 1. The number of hydrogen-bond donors (Lipinski definition) is 2. The minimum absolute atomic E-state index is 0.0139. The molecule has 0 aliphatic carbocycles. The van der Waals surface area contributed by atoms with E-state index in [1.54, 1.807) is 16.7 Å². The number of nitrogens with two attached hydrogens (primary N) is 1. The number of aliphatic carboxylic acids is 1. The van der Waals surface area contributed by atoms with E-state index in [-0.39, 0.29) is 5.91 Å². The summed E-state index contributed by atoms with van der Waals surface area (Å²) < 4.78 is 0. The summed E-state index contributed by atoms with van der Waals surface area (Å²) >= 11 is 1.60. The van der Waals surface area contributed by atoms with Crippen LogP contribution in [-0.2, 0) is 9.59 Å². The Kier molecular flexibility index (Phi) is 13.4. The van der Waals surface area contributed by atoms with E-state index in [0.717, 1.165) is 18.8 Å². The van der Waals surface area contributed by atoms with Gasteiger partial charge in [-0.25, -0.2) is 0 Å². The number of carbonyl (C=O) groups excluding carboxylic acids is 1. The molecule has 0 rings (SSSR count). The van der Waals surface area contributed by atoms with Gasteiger partial charge in [-0.2, -0.15) is 11.8 Å². The maximum absolute atomic E-state index is 10.8. The lowest BCUT2D eigenvalue weighted by molar-refractivity contribution is -0.138. The number of carboxylic acid groups (broad SMARTS) is 1. The van der Waals surface area contributed by atoms with Crippen LogP contribution in [0.15, 0.2) is 12.7 Å². The van der Waals surface area contributed by atoms with Crippen LogP contribution >= 0.6 is 11.8 Å². The third kappa shape index (κ3) is 10.2. The van der Waals surface area contributed by atoms with Crippen molar-refractivity contribution in [2.45, 2.75) is 26.3 Å². The Hall–Kier alpha value is -1.01. The van der Waals surface area contributed by atoms with Crippen molar-refractivity contribution >= 4 is 23.6 Å². The zero-order chi connectivity index (χ0) is 14.6. The minimum atomic E-state index is -0.913. The van der Waals surface area contributed by atoms with Crippen molar-refractivity contribution in [2.75, 3.05) is 25.1 Å². The fraction of sp³-hybridized carbons (Fsp3) is 0.667. The van der Waals surface area contributed by atoms with Crippen LogP contribution in [0.4, 0.5) is 0 Å². The van der Waals surface area contributed by atoms with Crippen LogP contribution in [0.3, 0.4) is 0 Å². The van der Waals surface area contributed by atoms with E-state index in [0.29, 0.717) is 6.42 Å². The first kappa shape index (κ1) is 19.3. The Morgan fingerprint density at radius 2 is 1.94 bits per heavy atom. The monoisotopic (exact) mass is 276 g/mol. The molecule has 0 bridgehead atoms. The first-order chi connectivity index (χ1) is 8.44. The number of thioether (sulfide) groups is 1. The van der Waals surface area contributed by atoms with E-state index in [9.17, 15) is 9.59 Å². The van der Waals surface area contributed by atoms with Crippen LogP contribution in [0.5, 0.6) is 0 Å². The fourth-order valence-corrected chi connectivity index (χ4v) is 1.52. The summed E-state index contributed by atoms with van der Waals surface area (Å²) in [7, 11) is 0. The predicted molar refractivity (Wildman–Crippen MR) is 76.7 cm³/mol. The van der Waals surface area contributed by atoms with Gasteiger partial charge in [-0.15, -0.1) is 0 Å². The van der Waals surface area contributed by atoms with Crippen LogP contribution in [-0.4, -0.2) is 53.0 Å². The number of amides is 1. The Morgan fingerprint density at radius 3 is 2.17 bits per heavy atom. The molecule has 0 saturated carbocycles. The smallest absolute Gasteiger partial charge is 0.320 e. The average Bonchev–Trinajstić information content (AvgIpc) is 2.37. The van der Waals surface area contributed by atoms with Crippen molar-refractivity contribution < 1.29 is 14.7 Å². The highest BCUT2D eigenvalue weighted by Crippen LogP contribution is 1.97. The highest BCUT2D eigenvalue weighted by Gasteiger charge is 2.08. The lowest BCUT2D eigenvalue weighted by Crippen LogP contribution is -2.30. The first-order valence-electron chi connectivity index (χ1n) is 5.83. The number of likely N-dealkylation sites (N-methyl/N-ethyl adjacent to an activating group) is 1. The molecule has 0 fully saturated rings. The van der Waals surface area contributed by atoms with E-state index in [1.807, 2.05) is 20.1 Å². The molecule has 0 heterocycles. The largest absolute Gasteiger partial charge is 0.480 e. The second-order valence-corrected chi connectivity index (χ2v) is 4.43.